The predicted octanol–water partition coefficient (Wildman–Crippen LogP) is 5.22. The fourth-order valence-electron chi connectivity index (χ4n) is 14.2. The van der Waals surface area contributed by atoms with Gasteiger partial charge in [0.15, 0.2) is 11.7 Å². The van der Waals surface area contributed by atoms with Crippen LogP contribution in [0.1, 0.15) is 119 Å². The first-order valence-electron chi connectivity index (χ1n) is 17.0. The molecule has 0 aromatic heterocycles. The van der Waals surface area contributed by atoms with Crippen molar-refractivity contribution in [3.8, 4) is 0 Å². The van der Waals surface area contributed by atoms with Crippen LogP contribution in [0.15, 0.2) is 0 Å². The molecule has 10 heteroatoms. The highest BCUT2D eigenvalue weighted by Gasteiger charge is 2.73. The summed E-state index contributed by atoms with van der Waals surface area (Å²) in [6.07, 6.45) is 10.1. The van der Waals surface area contributed by atoms with Crippen molar-refractivity contribution >= 4 is 23.9 Å². The number of aliphatic hydroxyl groups is 2. The smallest absolute Gasteiger partial charge is 0.336 e. The fourth-order valence-corrected chi connectivity index (χ4v) is 14.2. The lowest BCUT2D eigenvalue weighted by atomic mass is 9.34. The van der Waals surface area contributed by atoms with E-state index in [9.17, 15) is 39.6 Å². The van der Waals surface area contributed by atoms with E-state index >= 15 is 0 Å². The van der Waals surface area contributed by atoms with Crippen molar-refractivity contribution in [1.29, 1.82) is 0 Å². The van der Waals surface area contributed by atoms with E-state index in [1.54, 1.807) is 0 Å². The third-order valence-electron chi connectivity index (χ3n) is 14.0. The monoisotopic (exact) mass is 648 g/mol. The van der Waals surface area contributed by atoms with Crippen molar-refractivity contribution in [2.24, 2.45) is 55.7 Å². The number of hydrogen-bond donors (Lipinski definition) is 4. The molecule has 8 fully saturated rings. The van der Waals surface area contributed by atoms with Gasteiger partial charge in [0.2, 0.25) is 0 Å². The summed E-state index contributed by atoms with van der Waals surface area (Å²) in [7, 11) is 2.56. The Morgan fingerprint density at radius 1 is 0.652 bits per heavy atom. The first-order valence-corrected chi connectivity index (χ1v) is 17.0. The van der Waals surface area contributed by atoms with Gasteiger partial charge in [-0.3, -0.25) is 9.59 Å². The zero-order valence-corrected chi connectivity index (χ0v) is 29.0. The Kier molecular flexibility index (Phi) is 8.13. The summed E-state index contributed by atoms with van der Waals surface area (Å²) < 4.78 is 9.68. The number of carboxylic acid groups (broad SMARTS) is 2. The van der Waals surface area contributed by atoms with Gasteiger partial charge in [0.1, 0.15) is 5.41 Å². The van der Waals surface area contributed by atoms with Gasteiger partial charge >= 0.3 is 23.9 Å². The van der Waals surface area contributed by atoms with Crippen LogP contribution in [0, 0.1) is 55.7 Å². The van der Waals surface area contributed by atoms with Crippen LogP contribution in [-0.4, -0.2) is 70.2 Å². The number of carboxylic acids is 2. The maximum Gasteiger partial charge on any atom is 0.336 e. The molecule has 0 saturated heterocycles. The van der Waals surface area contributed by atoms with Crippen LogP contribution in [0.3, 0.4) is 0 Å². The second kappa shape index (κ2) is 10.6. The van der Waals surface area contributed by atoms with Gasteiger partial charge in [-0.05, 0) is 135 Å². The summed E-state index contributed by atoms with van der Waals surface area (Å²) in [5.41, 5.74) is -4.52. The molecule has 8 atom stereocenters. The summed E-state index contributed by atoms with van der Waals surface area (Å²) in [5.74, 6) is -3.71. The van der Waals surface area contributed by atoms with Gasteiger partial charge in [0.25, 0.3) is 0 Å². The molecule has 260 valence electrons. The van der Waals surface area contributed by atoms with Gasteiger partial charge in [-0.15, -0.1) is 0 Å². The Labute approximate surface area is 273 Å². The molecule has 8 aliphatic rings. The molecule has 0 heterocycles. The lowest BCUT2D eigenvalue weighted by Crippen LogP contribution is -2.69. The molecule has 0 aliphatic heterocycles. The molecule has 0 spiro atoms. The molecule has 4 N–H and O–H groups in total. The summed E-state index contributed by atoms with van der Waals surface area (Å²) in [6.45, 7) is 11.6. The van der Waals surface area contributed by atoms with Gasteiger partial charge in [0, 0.05) is 0 Å². The van der Waals surface area contributed by atoms with Crippen molar-refractivity contribution in [3.63, 3.8) is 0 Å². The molecule has 8 rings (SSSR count). The lowest BCUT2D eigenvalue weighted by Gasteiger charge is -2.69. The summed E-state index contributed by atoms with van der Waals surface area (Å²) in [4.78, 5) is 48.4. The topological polar surface area (TPSA) is 168 Å². The second-order valence-corrected chi connectivity index (χ2v) is 18.7. The minimum Gasteiger partial charge on any atom is -0.481 e. The Hall–Kier alpha value is -2.20. The van der Waals surface area contributed by atoms with Crippen molar-refractivity contribution in [1.82, 2.24) is 0 Å². The standard InChI is InChI=1S/2C18H28O5/c1-14-5-11-6-15(2,8-14)10-18(7-11,9-14)16(3,12(19)20)17(4,23)13(21)22;1-16-5-11-6-17(2,8-16)10-18(7-11,9-16)12(14(20)22-3)13(19)15(21)23-4/h11,23H,5-10H2,1-4H3,(H,19,20)(H,21,22);11-13,19H,5-10H2,1-4H3. The van der Waals surface area contributed by atoms with Crippen LogP contribution in [0.4, 0.5) is 0 Å². The Bertz CT molecular complexity index is 1270. The number of aliphatic carboxylic acids is 2. The zero-order valence-electron chi connectivity index (χ0n) is 29.0. The molecule has 46 heavy (non-hydrogen) atoms. The summed E-state index contributed by atoms with van der Waals surface area (Å²) >= 11 is 0. The van der Waals surface area contributed by atoms with E-state index < -0.39 is 52.3 Å². The highest BCUT2D eigenvalue weighted by atomic mass is 16.5. The van der Waals surface area contributed by atoms with Gasteiger partial charge in [-0.2, -0.15) is 0 Å². The molecular weight excluding hydrogens is 592 g/mol. The predicted molar refractivity (Wildman–Crippen MR) is 167 cm³/mol. The molecule has 0 aromatic carbocycles. The third kappa shape index (κ3) is 5.19. The van der Waals surface area contributed by atoms with Gasteiger partial charge in [0.05, 0.1) is 20.1 Å². The van der Waals surface area contributed by atoms with Gasteiger partial charge in [-0.25, -0.2) is 9.59 Å². The number of carbonyl (C=O) groups excluding carboxylic acids is 2. The number of aliphatic hydroxyl groups excluding tert-OH is 1. The zero-order chi connectivity index (χ0) is 34.5. The van der Waals surface area contributed by atoms with E-state index in [4.69, 9.17) is 9.47 Å². The quantitative estimate of drug-likeness (QED) is 0.256. The maximum absolute atomic E-state index is 12.5. The van der Waals surface area contributed by atoms with E-state index in [-0.39, 0.29) is 27.1 Å². The molecule has 0 radical (unpaired) electrons. The molecule has 0 aromatic rings. The van der Waals surface area contributed by atoms with Crippen molar-refractivity contribution in [3.05, 3.63) is 0 Å². The summed E-state index contributed by atoms with van der Waals surface area (Å²) in [5, 5.41) is 40.8. The van der Waals surface area contributed by atoms with E-state index in [0.29, 0.717) is 31.1 Å². The molecule has 8 unspecified atom stereocenters. The Morgan fingerprint density at radius 2 is 1.07 bits per heavy atom. The highest BCUT2D eigenvalue weighted by molar-refractivity contribution is 5.89. The molecule has 8 saturated carbocycles. The maximum atomic E-state index is 12.5. The average Bonchev–Trinajstić information content (AvgIpc) is 2.87. The second-order valence-electron chi connectivity index (χ2n) is 18.7. The van der Waals surface area contributed by atoms with Crippen LogP contribution < -0.4 is 0 Å². The minimum atomic E-state index is -2.29. The van der Waals surface area contributed by atoms with Crippen molar-refractivity contribution in [2.75, 3.05) is 14.2 Å². The number of carbonyl (C=O) groups is 4. The van der Waals surface area contributed by atoms with E-state index in [1.165, 1.54) is 40.4 Å². The fraction of sp³-hybridized carbons (Fsp3) is 0.889. The molecule has 8 bridgehead atoms. The Morgan fingerprint density at radius 3 is 1.41 bits per heavy atom. The third-order valence-corrected chi connectivity index (χ3v) is 14.0. The van der Waals surface area contributed by atoms with Crippen LogP contribution in [0.5, 0.6) is 0 Å². The number of methoxy groups -OCH3 is 2. The van der Waals surface area contributed by atoms with Gasteiger partial charge < -0.3 is 29.9 Å². The SMILES string of the molecule is CC12CC3CC(C)(C1)CC(C(C)(C(=O)O)C(C)(O)C(=O)O)(C3)C2.COC(=O)C(O)C(C(=O)OC)C12CC3CC(C)(CC(C)(C3)C1)C2. The largest absolute Gasteiger partial charge is 0.481 e. The van der Waals surface area contributed by atoms with Crippen LogP contribution >= 0.6 is 0 Å². The molecular formula is C36H56O10. The van der Waals surface area contributed by atoms with Crippen LogP contribution in [-0.2, 0) is 28.7 Å². The van der Waals surface area contributed by atoms with Crippen molar-refractivity contribution in [2.45, 2.75) is 130 Å². The molecule has 0 amide bonds. The van der Waals surface area contributed by atoms with Crippen molar-refractivity contribution < 1.29 is 49.1 Å². The highest BCUT2D eigenvalue weighted by Crippen LogP contribution is 2.75. The number of hydrogen-bond acceptors (Lipinski definition) is 8. The van der Waals surface area contributed by atoms with Crippen LogP contribution in [0.25, 0.3) is 0 Å². The number of ether oxygens (including phenoxy) is 2. The number of rotatable bonds is 8. The number of esters is 2. The summed E-state index contributed by atoms with van der Waals surface area (Å²) in [6, 6.07) is 0. The Balaban J connectivity index is 0.000000181. The van der Waals surface area contributed by atoms with Crippen LogP contribution in [0.2, 0.25) is 0 Å². The van der Waals surface area contributed by atoms with E-state index in [2.05, 4.69) is 27.7 Å². The lowest BCUT2D eigenvalue weighted by molar-refractivity contribution is -0.245. The van der Waals surface area contributed by atoms with Gasteiger partial charge in [-0.1, -0.05) is 27.7 Å². The first kappa shape index (κ1) is 35.1. The minimum absolute atomic E-state index is 0.0550. The normalized spacial score (nSPS) is 45.3. The average molecular weight is 649 g/mol. The van der Waals surface area contributed by atoms with E-state index in [0.717, 1.165) is 45.4 Å². The molecule has 10 nitrogen and oxygen atoms in total. The first-order chi connectivity index (χ1) is 21.0. The molecule has 8 aliphatic carbocycles. The van der Waals surface area contributed by atoms with E-state index in [1.807, 2.05) is 0 Å².